The molecule has 0 bridgehead atoms. The van der Waals surface area contributed by atoms with Crippen molar-refractivity contribution in [3.8, 4) is 0 Å². The molecule has 12 heavy (non-hydrogen) atoms. The number of rotatable bonds is 0. The van der Waals surface area contributed by atoms with Gasteiger partial charge in [-0.15, -0.1) is 0 Å². The molecule has 0 spiro atoms. The van der Waals surface area contributed by atoms with E-state index in [9.17, 15) is 0 Å². The Balaban J connectivity index is 2.47. The largest absolute Gasteiger partial charge is 0.261 e. The van der Waals surface area contributed by atoms with E-state index in [1.807, 2.05) is 6.21 Å². The lowest BCUT2D eigenvalue weighted by Crippen LogP contribution is -1.83. The molecule has 0 aliphatic carbocycles. The second-order valence-corrected chi connectivity index (χ2v) is 3.34. The van der Waals surface area contributed by atoms with Gasteiger partial charge in [0, 0.05) is 6.21 Å². The van der Waals surface area contributed by atoms with Crippen molar-refractivity contribution in [1.82, 2.24) is 0 Å². The van der Waals surface area contributed by atoms with Crippen LogP contribution in [0.15, 0.2) is 23.2 Å². The van der Waals surface area contributed by atoms with Gasteiger partial charge in [0.1, 0.15) is 0 Å². The van der Waals surface area contributed by atoms with Crippen molar-refractivity contribution in [2.75, 3.05) is 0 Å². The first-order chi connectivity index (χ1) is 5.86. The van der Waals surface area contributed by atoms with Gasteiger partial charge in [-0.1, -0.05) is 12.1 Å². The van der Waals surface area contributed by atoms with Crippen molar-refractivity contribution in [3.63, 3.8) is 0 Å². The van der Waals surface area contributed by atoms with Crippen LogP contribution in [0.5, 0.6) is 0 Å². The average Bonchev–Trinajstić information content (AvgIpc) is 2.28. The van der Waals surface area contributed by atoms with E-state index in [1.165, 1.54) is 29.7 Å². The predicted octanol–water partition coefficient (Wildman–Crippen LogP) is 3.03. The summed E-state index contributed by atoms with van der Waals surface area (Å²) in [5.41, 5.74) is 3.87. The second-order valence-electron chi connectivity index (χ2n) is 3.34. The van der Waals surface area contributed by atoms with Gasteiger partial charge in [-0.3, -0.25) is 4.99 Å². The molecule has 62 valence electrons. The summed E-state index contributed by atoms with van der Waals surface area (Å²) in [4.78, 5) is 4.42. The molecule has 0 atom stereocenters. The first kappa shape index (κ1) is 7.53. The van der Waals surface area contributed by atoms with Crippen LogP contribution >= 0.6 is 0 Å². The molecule has 0 N–H and O–H groups in total. The first-order valence-electron chi connectivity index (χ1n) is 4.48. The third kappa shape index (κ3) is 1.40. The number of aliphatic imine (C=N–C) groups is 1. The Labute approximate surface area is 73.1 Å². The fourth-order valence-electron chi connectivity index (χ4n) is 1.55. The highest BCUT2D eigenvalue weighted by Gasteiger charge is 2.03. The van der Waals surface area contributed by atoms with Crippen LogP contribution in [-0.4, -0.2) is 6.21 Å². The Bertz CT molecular complexity index is 313. The lowest BCUT2D eigenvalue weighted by Gasteiger charge is -2.02. The fourth-order valence-corrected chi connectivity index (χ4v) is 1.55. The molecule has 0 fully saturated rings. The highest BCUT2D eigenvalue weighted by molar-refractivity contribution is 5.66. The Morgan fingerprint density at radius 1 is 1.33 bits per heavy atom. The summed E-state index contributed by atoms with van der Waals surface area (Å²) >= 11 is 0. The minimum Gasteiger partial charge on any atom is -0.261 e. The van der Waals surface area contributed by atoms with E-state index in [-0.39, 0.29) is 0 Å². The van der Waals surface area contributed by atoms with Gasteiger partial charge in [-0.25, -0.2) is 0 Å². The van der Waals surface area contributed by atoms with Gasteiger partial charge in [-0.05, 0) is 43.4 Å². The van der Waals surface area contributed by atoms with Gasteiger partial charge in [0.25, 0.3) is 0 Å². The van der Waals surface area contributed by atoms with E-state index in [1.54, 1.807) is 0 Å². The van der Waals surface area contributed by atoms with E-state index in [2.05, 4.69) is 30.1 Å². The summed E-state index contributed by atoms with van der Waals surface area (Å²) in [6, 6.07) is 6.53. The van der Waals surface area contributed by atoms with E-state index < -0.39 is 0 Å². The summed E-state index contributed by atoms with van der Waals surface area (Å²) in [5, 5.41) is 0. The van der Waals surface area contributed by atoms with E-state index >= 15 is 0 Å². The van der Waals surface area contributed by atoms with Gasteiger partial charge in [-0.2, -0.15) is 0 Å². The number of fused-ring (bicyclic) bond motifs is 1. The number of hydrogen-bond donors (Lipinski definition) is 0. The van der Waals surface area contributed by atoms with Crippen LogP contribution in [0.25, 0.3) is 0 Å². The molecule has 1 aromatic carbocycles. The predicted molar refractivity (Wildman–Crippen MR) is 52.3 cm³/mol. The zero-order valence-corrected chi connectivity index (χ0v) is 7.38. The third-order valence-electron chi connectivity index (χ3n) is 2.25. The lowest BCUT2D eigenvalue weighted by atomic mass is 10.1. The molecule has 1 aliphatic rings. The van der Waals surface area contributed by atoms with E-state index in [0.29, 0.717) is 0 Å². The monoisotopic (exact) mass is 159 g/mol. The maximum Gasteiger partial charge on any atom is 0.0660 e. The minimum absolute atomic E-state index is 1.12. The lowest BCUT2D eigenvalue weighted by molar-refractivity contribution is 0.885. The fraction of sp³-hybridized carbons (Fsp3) is 0.364. The van der Waals surface area contributed by atoms with Gasteiger partial charge in [0.2, 0.25) is 0 Å². The zero-order valence-electron chi connectivity index (χ0n) is 7.38. The maximum atomic E-state index is 4.42. The molecule has 0 saturated heterocycles. The number of aryl methyl sites for hydroxylation is 2. The average molecular weight is 159 g/mol. The van der Waals surface area contributed by atoms with Gasteiger partial charge >= 0.3 is 0 Å². The number of hydrogen-bond acceptors (Lipinski definition) is 1. The maximum absolute atomic E-state index is 4.42. The summed E-state index contributed by atoms with van der Waals surface area (Å²) < 4.78 is 0. The third-order valence-corrected chi connectivity index (χ3v) is 2.25. The topological polar surface area (TPSA) is 12.4 Å². The Morgan fingerprint density at radius 3 is 3.17 bits per heavy atom. The summed E-state index contributed by atoms with van der Waals surface area (Å²) in [6.45, 7) is 2.11. The van der Waals surface area contributed by atoms with Crippen molar-refractivity contribution in [2.45, 2.75) is 26.2 Å². The standard InChI is InChI=1S/C11H13N/c1-9-5-6-10-4-2-3-7-12-11(10)8-9/h5-8H,2-4H2,1H3. The molecule has 1 aliphatic heterocycles. The molecule has 1 nitrogen and oxygen atoms in total. The van der Waals surface area contributed by atoms with Gasteiger partial charge < -0.3 is 0 Å². The van der Waals surface area contributed by atoms with Crippen molar-refractivity contribution >= 4 is 11.9 Å². The van der Waals surface area contributed by atoms with Crippen molar-refractivity contribution in [1.29, 1.82) is 0 Å². The van der Waals surface area contributed by atoms with Gasteiger partial charge in [0.15, 0.2) is 0 Å². The smallest absolute Gasteiger partial charge is 0.0660 e. The van der Waals surface area contributed by atoms with Crippen LogP contribution in [0.2, 0.25) is 0 Å². The second kappa shape index (κ2) is 3.10. The van der Waals surface area contributed by atoms with Crippen LogP contribution in [-0.2, 0) is 6.42 Å². The van der Waals surface area contributed by atoms with Crippen LogP contribution in [0, 0.1) is 6.92 Å². The van der Waals surface area contributed by atoms with E-state index in [0.717, 1.165) is 6.42 Å². The van der Waals surface area contributed by atoms with Crippen LogP contribution in [0.4, 0.5) is 5.69 Å². The van der Waals surface area contributed by atoms with Crippen LogP contribution in [0.3, 0.4) is 0 Å². The Kier molecular flexibility index (Phi) is 1.94. The molecular formula is C11H13N. The molecule has 2 rings (SSSR count). The van der Waals surface area contributed by atoms with Crippen LogP contribution < -0.4 is 0 Å². The highest BCUT2D eigenvalue weighted by Crippen LogP contribution is 2.24. The van der Waals surface area contributed by atoms with Crippen LogP contribution in [0.1, 0.15) is 24.0 Å². The summed E-state index contributed by atoms with van der Waals surface area (Å²) in [7, 11) is 0. The Hall–Kier alpha value is -1.11. The van der Waals surface area contributed by atoms with Crippen molar-refractivity contribution < 1.29 is 0 Å². The highest BCUT2D eigenvalue weighted by atomic mass is 14.7. The first-order valence-corrected chi connectivity index (χ1v) is 4.48. The molecule has 0 aromatic heterocycles. The van der Waals surface area contributed by atoms with Gasteiger partial charge in [0.05, 0.1) is 5.69 Å². The molecule has 0 radical (unpaired) electrons. The SMILES string of the molecule is Cc1ccc2c(c1)N=CCCC2. The summed E-state index contributed by atoms with van der Waals surface area (Å²) in [5.74, 6) is 0. The normalized spacial score (nSPS) is 15.4. The molecule has 0 amide bonds. The number of benzene rings is 1. The Morgan fingerprint density at radius 2 is 2.25 bits per heavy atom. The van der Waals surface area contributed by atoms with Crippen molar-refractivity contribution in [3.05, 3.63) is 29.3 Å². The molecule has 0 saturated carbocycles. The zero-order chi connectivity index (χ0) is 8.39. The summed E-state index contributed by atoms with van der Waals surface area (Å²) in [6.07, 6.45) is 5.56. The molecular weight excluding hydrogens is 146 g/mol. The molecule has 0 unspecified atom stereocenters. The van der Waals surface area contributed by atoms with Crippen molar-refractivity contribution in [2.24, 2.45) is 4.99 Å². The molecule has 1 aromatic rings. The molecule has 1 heteroatoms. The molecule has 1 heterocycles. The van der Waals surface area contributed by atoms with E-state index in [4.69, 9.17) is 0 Å². The quantitative estimate of drug-likeness (QED) is 0.551. The number of nitrogens with zero attached hydrogens (tertiary/aromatic N) is 1. The minimum atomic E-state index is 1.12.